The summed E-state index contributed by atoms with van der Waals surface area (Å²) in [6.07, 6.45) is 1.49. The number of H-pyrrole nitrogens is 1. The van der Waals surface area contributed by atoms with Crippen LogP contribution in [-0.2, 0) is 0 Å². The molecule has 2 N–H and O–H groups in total. The summed E-state index contributed by atoms with van der Waals surface area (Å²) in [6.45, 7) is 0. The fourth-order valence-corrected chi connectivity index (χ4v) is 1.89. The molecule has 0 atom stereocenters. The first-order valence-electron chi connectivity index (χ1n) is 6.15. The molecule has 0 aliphatic rings. The minimum atomic E-state index is -0.00997. The van der Waals surface area contributed by atoms with Crippen LogP contribution in [0.25, 0.3) is 0 Å². The first-order chi connectivity index (χ1) is 9.83. The van der Waals surface area contributed by atoms with Crippen molar-refractivity contribution in [3.8, 4) is 0 Å². The van der Waals surface area contributed by atoms with E-state index in [1.54, 1.807) is 24.3 Å². The number of benzene rings is 2. The highest BCUT2D eigenvalue weighted by molar-refractivity contribution is 6.09. The lowest BCUT2D eigenvalue weighted by molar-refractivity contribution is 0.103. The van der Waals surface area contributed by atoms with E-state index in [9.17, 15) is 4.79 Å². The van der Waals surface area contributed by atoms with Crippen LogP contribution in [0.2, 0.25) is 0 Å². The molecule has 2 aromatic carbocycles. The first-order valence-corrected chi connectivity index (χ1v) is 6.15. The minimum Gasteiger partial charge on any atom is -0.323 e. The third kappa shape index (κ3) is 2.56. The zero-order chi connectivity index (χ0) is 13.8. The van der Waals surface area contributed by atoms with Gasteiger partial charge in [-0.2, -0.15) is 0 Å². The van der Waals surface area contributed by atoms with E-state index in [2.05, 4.69) is 20.5 Å². The van der Waals surface area contributed by atoms with Crippen LogP contribution in [0.4, 0.5) is 11.6 Å². The highest BCUT2D eigenvalue weighted by atomic mass is 16.1. The molecule has 0 saturated heterocycles. The number of rotatable bonds is 4. The second-order valence-electron chi connectivity index (χ2n) is 4.22. The van der Waals surface area contributed by atoms with Crippen molar-refractivity contribution >= 4 is 17.4 Å². The van der Waals surface area contributed by atoms with Crippen molar-refractivity contribution in [2.24, 2.45) is 0 Å². The Kier molecular flexibility index (Phi) is 3.24. The van der Waals surface area contributed by atoms with Crippen molar-refractivity contribution in [2.75, 3.05) is 5.32 Å². The van der Waals surface area contributed by atoms with Gasteiger partial charge in [0.15, 0.2) is 5.78 Å². The molecule has 5 nitrogen and oxygen atoms in total. The van der Waals surface area contributed by atoms with Gasteiger partial charge in [0.2, 0.25) is 5.95 Å². The number of nitrogens with zero attached hydrogens (tertiary/aromatic N) is 2. The van der Waals surface area contributed by atoms with Crippen molar-refractivity contribution in [1.29, 1.82) is 0 Å². The Morgan fingerprint density at radius 1 is 1.00 bits per heavy atom. The molecular weight excluding hydrogens is 252 g/mol. The van der Waals surface area contributed by atoms with Gasteiger partial charge in [0, 0.05) is 16.8 Å². The van der Waals surface area contributed by atoms with Gasteiger partial charge >= 0.3 is 0 Å². The summed E-state index contributed by atoms with van der Waals surface area (Å²) >= 11 is 0. The van der Waals surface area contributed by atoms with Crippen molar-refractivity contribution in [3.63, 3.8) is 0 Å². The van der Waals surface area contributed by atoms with Crippen LogP contribution in [0.15, 0.2) is 60.9 Å². The van der Waals surface area contributed by atoms with E-state index in [0.29, 0.717) is 17.1 Å². The maximum atomic E-state index is 12.3. The highest BCUT2D eigenvalue weighted by Gasteiger charge is 2.09. The van der Waals surface area contributed by atoms with E-state index in [-0.39, 0.29) is 5.78 Å². The summed E-state index contributed by atoms with van der Waals surface area (Å²) < 4.78 is 0. The Hall–Kier alpha value is -2.95. The van der Waals surface area contributed by atoms with Crippen LogP contribution in [-0.4, -0.2) is 21.0 Å². The molecule has 0 aliphatic carbocycles. The standard InChI is InChI=1S/C15H12N4O/c20-14(11-5-2-1-3-6-11)12-7-4-8-13(9-12)18-15-16-10-17-19-15/h1-10H,(H2,16,17,18,19). The predicted octanol–water partition coefficient (Wildman–Crippen LogP) is 2.78. The number of nitrogens with one attached hydrogen (secondary N) is 2. The molecule has 0 amide bonds. The average molecular weight is 264 g/mol. The molecule has 3 aromatic rings. The summed E-state index contributed by atoms with van der Waals surface area (Å²) in [6, 6.07) is 16.5. The van der Waals surface area contributed by atoms with Gasteiger partial charge in [-0.25, -0.2) is 4.98 Å². The van der Waals surface area contributed by atoms with Gasteiger partial charge in [-0.3, -0.25) is 9.89 Å². The van der Waals surface area contributed by atoms with E-state index < -0.39 is 0 Å². The summed E-state index contributed by atoms with van der Waals surface area (Å²) in [5.41, 5.74) is 2.06. The lowest BCUT2D eigenvalue weighted by Crippen LogP contribution is -2.02. The first kappa shape index (κ1) is 12.1. The van der Waals surface area contributed by atoms with Gasteiger partial charge in [-0.1, -0.05) is 42.5 Å². The molecule has 0 saturated carbocycles. The van der Waals surface area contributed by atoms with Crippen molar-refractivity contribution in [2.45, 2.75) is 0 Å². The third-order valence-electron chi connectivity index (χ3n) is 2.83. The van der Waals surface area contributed by atoms with E-state index in [1.807, 2.05) is 30.3 Å². The second-order valence-corrected chi connectivity index (χ2v) is 4.22. The van der Waals surface area contributed by atoms with E-state index >= 15 is 0 Å². The highest BCUT2D eigenvalue weighted by Crippen LogP contribution is 2.17. The molecule has 0 aliphatic heterocycles. The molecule has 0 fully saturated rings. The molecule has 98 valence electrons. The molecule has 0 spiro atoms. The summed E-state index contributed by atoms with van der Waals surface area (Å²) in [7, 11) is 0. The lowest BCUT2D eigenvalue weighted by Gasteiger charge is -2.05. The predicted molar refractivity (Wildman–Crippen MR) is 76.0 cm³/mol. The van der Waals surface area contributed by atoms with Crippen molar-refractivity contribution in [3.05, 3.63) is 72.1 Å². The van der Waals surface area contributed by atoms with Gasteiger partial charge in [0.1, 0.15) is 6.33 Å². The summed E-state index contributed by atoms with van der Waals surface area (Å²) in [5, 5.41) is 9.56. The van der Waals surface area contributed by atoms with Crippen LogP contribution in [0.1, 0.15) is 15.9 Å². The Balaban J connectivity index is 1.86. The number of ketones is 1. The summed E-state index contributed by atoms with van der Waals surface area (Å²) in [4.78, 5) is 16.3. The molecule has 0 radical (unpaired) electrons. The number of hydrogen-bond donors (Lipinski definition) is 2. The normalized spacial score (nSPS) is 10.2. The van der Waals surface area contributed by atoms with Gasteiger partial charge in [0.05, 0.1) is 0 Å². The fourth-order valence-electron chi connectivity index (χ4n) is 1.89. The molecule has 5 heteroatoms. The molecule has 0 bridgehead atoms. The number of aromatic nitrogens is 3. The smallest absolute Gasteiger partial charge is 0.246 e. The molecule has 1 aromatic heterocycles. The number of aromatic amines is 1. The summed E-state index contributed by atoms with van der Waals surface area (Å²) in [5.74, 6) is 0.457. The van der Waals surface area contributed by atoms with E-state index in [0.717, 1.165) is 5.69 Å². The Morgan fingerprint density at radius 2 is 1.80 bits per heavy atom. The van der Waals surface area contributed by atoms with Crippen LogP contribution in [0.5, 0.6) is 0 Å². The SMILES string of the molecule is O=C(c1ccccc1)c1cccc(Nc2nc[nH]n2)c1. The van der Waals surface area contributed by atoms with Gasteiger partial charge < -0.3 is 5.32 Å². The zero-order valence-corrected chi connectivity index (χ0v) is 10.6. The fraction of sp³-hybridized carbons (Fsp3) is 0. The molecule has 3 rings (SSSR count). The van der Waals surface area contributed by atoms with E-state index in [4.69, 9.17) is 0 Å². The topological polar surface area (TPSA) is 70.7 Å². The van der Waals surface area contributed by atoms with Crippen LogP contribution in [0.3, 0.4) is 0 Å². The Labute approximate surface area is 115 Å². The van der Waals surface area contributed by atoms with Crippen LogP contribution in [0, 0.1) is 0 Å². The maximum Gasteiger partial charge on any atom is 0.246 e. The maximum absolute atomic E-state index is 12.3. The van der Waals surface area contributed by atoms with Gasteiger partial charge in [-0.15, -0.1) is 5.10 Å². The quantitative estimate of drug-likeness (QED) is 0.711. The van der Waals surface area contributed by atoms with Crippen LogP contribution < -0.4 is 5.32 Å². The number of anilines is 2. The van der Waals surface area contributed by atoms with E-state index in [1.165, 1.54) is 6.33 Å². The lowest BCUT2D eigenvalue weighted by atomic mass is 10.0. The van der Waals surface area contributed by atoms with Crippen molar-refractivity contribution in [1.82, 2.24) is 15.2 Å². The van der Waals surface area contributed by atoms with Crippen LogP contribution >= 0.6 is 0 Å². The third-order valence-corrected chi connectivity index (χ3v) is 2.83. The number of carbonyl (C=O) groups is 1. The Bertz CT molecular complexity index is 708. The molecule has 0 unspecified atom stereocenters. The number of carbonyl (C=O) groups excluding carboxylic acids is 1. The largest absolute Gasteiger partial charge is 0.323 e. The Morgan fingerprint density at radius 3 is 2.55 bits per heavy atom. The van der Waals surface area contributed by atoms with Crippen molar-refractivity contribution < 1.29 is 4.79 Å². The van der Waals surface area contributed by atoms with Gasteiger partial charge in [0.25, 0.3) is 0 Å². The molecule has 1 heterocycles. The molecule has 20 heavy (non-hydrogen) atoms. The second kappa shape index (κ2) is 5.36. The monoisotopic (exact) mass is 264 g/mol. The average Bonchev–Trinajstić information content (AvgIpc) is 3.01. The number of hydrogen-bond acceptors (Lipinski definition) is 4. The zero-order valence-electron chi connectivity index (χ0n) is 10.6. The molecular formula is C15H12N4O. The van der Waals surface area contributed by atoms with Gasteiger partial charge in [-0.05, 0) is 12.1 Å². The minimum absolute atomic E-state index is 0.00997.